The summed E-state index contributed by atoms with van der Waals surface area (Å²) in [6.07, 6.45) is 5.14. The van der Waals surface area contributed by atoms with Gasteiger partial charge in [-0.05, 0) is 36.4 Å². The van der Waals surface area contributed by atoms with Crippen LogP contribution in [-0.2, 0) is 16.0 Å². The van der Waals surface area contributed by atoms with Gasteiger partial charge in [-0.2, -0.15) is 0 Å². The number of hydrogen-bond donors (Lipinski definition) is 1. The van der Waals surface area contributed by atoms with Gasteiger partial charge in [0.15, 0.2) is 23.8 Å². The van der Waals surface area contributed by atoms with E-state index in [9.17, 15) is 14.9 Å². The zero-order valence-electron chi connectivity index (χ0n) is 17.1. The highest BCUT2D eigenvalue weighted by Gasteiger charge is 2.11. The van der Waals surface area contributed by atoms with Crippen molar-refractivity contribution in [1.82, 2.24) is 9.97 Å². The van der Waals surface area contributed by atoms with Crippen LogP contribution in [0.3, 0.4) is 0 Å². The first kappa shape index (κ1) is 22.2. The van der Waals surface area contributed by atoms with Gasteiger partial charge in [-0.1, -0.05) is 0 Å². The highest BCUT2D eigenvalue weighted by Crippen LogP contribution is 2.23. The average Bonchev–Trinajstić information content (AvgIpc) is 3.51. The number of nitro groups is 1. The van der Waals surface area contributed by atoms with E-state index in [4.69, 9.17) is 14.6 Å². The molecule has 0 saturated heterocycles. The molecule has 0 amide bonds. The summed E-state index contributed by atoms with van der Waals surface area (Å²) in [6.45, 7) is 0. The van der Waals surface area contributed by atoms with Gasteiger partial charge in [-0.15, -0.1) is 0 Å². The lowest BCUT2D eigenvalue weighted by atomic mass is 10.2. The number of nitrogens with zero attached hydrogens (tertiary/aromatic N) is 3. The van der Waals surface area contributed by atoms with Gasteiger partial charge in [0.05, 0.1) is 30.8 Å². The van der Waals surface area contributed by atoms with Crippen LogP contribution in [0.5, 0.6) is 0 Å². The molecule has 0 spiro atoms. The number of methoxy groups -OCH3 is 1. The van der Waals surface area contributed by atoms with Crippen LogP contribution < -0.4 is 5.73 Å². The summed E-state index contributed by atoms with van der Waals surface area (Å²) < 4.78 is 15.1. The van der Waals surface area contributed by atoms with Crippen LogP contribution in [0, 0.1) is 10.1 Å². The van der Waals surface area contributed by atoms with Crippen molar-refractivity contribution < 1.29 is 23.3 Å². The molecule has 2 N–H and O–H groups in total. The second-order valence-corrected chi connectivity index (χ2v) is 6.49. The first-order valence-electron chi connectivity index (χ1n) is 9.47. The second-order valence-electron chi connectivity index (χ2n) is 6.49. The van der Waals surface area contributed by atoms with E-state index in [2.05, 4.69) is 14.7 Å². The van der Waals surface area contributed by atoms with Crippen LogP contribution in [0.25, 0.3) is 22.6 Å². The molecule has 32 heavy (non-hydrogen) atoms. The quantitative estimate of drug-likeness (QED) is 0.202. The lowest BCUT2D eigenvalue weighted by Crippen LogP contribution is -2.01. The summed E-state index contributed by atoms with van der Waals surface area (Å²) in [5.74, 6) is 1.35. The Morgan fingerprint density at radius 1 is 1.06 bits per heavy atom. The highest BCUT2D eigenvalue weighted by atomic mass is 16.6. The number of carbonyl (C=O) groups is 1. The van der Waals surface area contributed by atoms with Crippen LogP contribution in [-0.4, -0.2) is 28.0 Å². The van der Waals surface area contributed by atoms with Gasteiger partial charge >= 0.3 is 5.97 Å². The van der Waals surface area contributed by atoms with Gasteiger partial charge in [0.1, 0.15) is 0 Å². The Morgan fingerprint density at radius 3 is 2.31 bits per heavy atom. The van der Waals surface area contributed by atoms with Gasteiger partial charge in [0.25, 0.3) is 5.69 Å². The Morgan fingerprint density at radius 2 is 1.72 bits per heavy atom. The molecule has 2 aromatic heterocycles. The van der Waals surface area contributed by atoms with Crippen molar-refractivity contribution in [3.8, 4) is 22.6 Å². The lowest BCUT2D eigenvalue weighted by Gasteiger charge is -1.97. The zero-order valence-corrected chi connectivity index (χ0v) is 17.1. The summed E-state index contributed by atoms with van der Waals surface area (Å²) in [4.78, 5) is 29.0. The van der Waals surface area contributed by atoms with E-state index in [-0.39, 0.29) is 18.1 Å². The third kappa shape index (κ3) is 6.02. The minimum Gasteiger partial charge on any atom is -0.469 e. The predicted molar refractivity (Wildman–Crippen MR) is 115 cm³/mol. The van der Waals surface area contributed by atoms with E-state index in [1.165, 1.54) is 31.8 Å². The molecule has 0 bridgehead atoms. The van der Waals surface area contributed by atoms with Crippen molar-refractivity contribution in [2.75, 3.05) is 12.8 Å². The molecule has 4 rings (SSSR count). The normalized spacial score (nSPS) is 10.2. The highest BCUT2D eigenvalue weighted by molar-refractivity contribution is 5.69. The van der Waals surface area contributed by atoms with Crippen LogP contribution in [0.1, 0.15) is 12.3 Å². The molecule has 0 aliphatic heterocycles. The molecular formula is C22H20N4O6. The lowest BCUT2D eigenvalue weighted by molar-refractivity contribution is -0.384. The van der Waals surface area contributed by atoms with Crippen LogP contribution in [0.15, 0.2) is 76.2 Å². The number of rotatable bonds is 6. The number of oxazole rings is 2. The van der Waals surface area contributed by atoms with Crippen molar-refractivity contribution in [1.29, 1.82) is 0 Å². The maximum Gasteiger partial charge on any atom is 0.306 e. The largest absolute Gasteiger partial charge is 0.469 e. The number of anilines is 1. The number of ether oxygens (including phenoxy) is 1. The average molecular weight is 436 g/mol. The number of nitrogen functional groups attached to an aromatic ring is 1. The third-order valence-electron chi connectivity index (χ3n) is 4.31. The maximum atomic E-state index is 11.0. The van der Waals surface area contributed by atoms with Crippen LogP contribution in [0.4, 0.5) is 11.4 Å². The molecule has 10 heteroatoms. The SMILES string of the molecule is COC(=O)CCc1ncc(-c2ccc([N+](=O)[O-])cc2)o1.Nc1ccc(-c2cnco2)cc1. The third-order valence-corrected chi connectivity index (χ3v) is 4.31. The van der Waals surface area contributed by atoms with E-state index in [0.29, 0.717) is 23.6 Å². The van der Waals surface area contributed by atoms with Crippen molar-refractivity contribution in [2.45, 2.75) is 12.8 Å². The van der Waals surface area contributed by atoms with Crippen LogP contribution in [0.2, 0.25) is 0 Å². The topological polar surface area (TPSA) is 148 Å². The van der Waals surface area contributed by atoms with E-state index in [0.717, 1.165) is 17.0 Å². The van der Waals surface area contributed by atoms with E-state index in [1.54, 1.807) is 18.3 Å². The molecule has 2 heterocycles. The molecule has 0 unspecified atom stereocenters. The molecule has 0 fully saturated rings. The zero-order chi connectivity index (χ0) is 22.9. The summed E-state index contributed by atoms with van der Waals surface area (Å²) in [5, 5.41) is 10.6. The first-order chi connectivity index (χ1) is 15.5. The number of non-ortho nitro benzene ring substituents is 1. The Hall–Kier alpha value is -4.47. The van der Waals surface area contributed by atoms with E-state index < -0.39 is 4.92 Å². The fraction of sp³-hybridized carbons (Fsp3) is 0.136. The smallest absolute Gasteiger partial charge is 0.306 e. The van der Waals surface area contributed by atoms with E-state index >= 15 is 0 Å². The Balaban J connectivity index is 0.000000204. The van der Waals surface area contributed by atoms with Crippen molar-refractivity contribution in [3.05, 3.63) is 83.3 Å². The molecule has 4 aromatic rings. The standard InChI is InChI=1S/C13H12N2O5.C9H8N2O/c1-19-13(16)7-6-12-14-8-11(20-12)9-2-4-10(5-3-9)15(17)18;10-8-3-1-7(2-4-8)9-5-11-6-12-9/h2-5,8H,6-7H2,1H3;1-6H,10H2. The summed E-state index contributed by atoms with van der Waals surface area (Å²) in [5.41, 5.74) is 7.97. The maximum absolute atomic E-state index is 11.0. The molecule has 0 atom stereocenters. The van der Waals surface area contributed by atoms with Gasteiger partial charge in [0.2, 0.25) is 0 Å². The number of esters is 1. The summed E-state index contributed by atoms with van der Waals surface area (Å²) >= 11 is 0. The fourth-order valence-electron chi connectivity index (χ4n) is 2.62. The molecule has 164 valence electrons. The Kier molecular flexibility index (Phi) is 7.31. The van der Waals surface area contributed by atoms with Gasteiger partial charge < -0.3 is 19.3 Å². The molecule has 2 aromatic carbocycles. The number of hydrogen-bond acceptors (Lipinski definition) is 9. The van der Waals surface area contributed by atoms with Crippen molar-refractivity contribution in [2.24, 2.45) is 0 Å². The van der Waals surface area contributed by atoms with Crippen molar-refractivity contribution in [3.63, 3.8) is 0 Å². The monoisotopic (exact) mass is 436 g/mol. The molecule has 0 aliphatic carbocycles. The molecule has 10 nitrogen and oxygen atoms in total. The predicted octanol–water partition coefficient (Wildman–Crippen LogP) is 4.28. The number of nitrogens with two attached hydrogens (primary N) is 1. The Labute approximate surface area is 182 Å². The number of benzene rings is 2. The molecule has 0 radical (unpaired) electrons. The summed E-state index contributed by atoms with van der Waals surface area (Å²) in [6, 6.07) is 13.4. The Bertz CT molecular complexity index is 1150. The number of aryl methyl sites for hydroxylation is 1. The minimum atomic E-state index is -0.466. The molecular weight excluding hydrogens is 416 g/mol. The van der Waals surface area contributed by atoms with E-state index in [1.807, 2.05) is 24.3 Å². The second kappa shape index (κ2) is 10.5. The number of nitro benzene ring substituents is 1. The minimum absolute atomic E-state index is 0.0131. The number of carbonyl (C=O) groups excluding carboxylic acids is 1. The van der Waals surface area contributed by atoms with Gasteiger partial charge in [-0.25, -0.2) is 9.97 Å². The van der Waals surface area contributed by atoms with Crippen LogP contribution >= 0.6 is 0 Å². The fourth-order valence-corrected chi connectivity index (χ4v) is 2.62. The van der Waals surface area contributed by atoms with Gasteiger partial charge in [0, 0.05) is 35.4 Å². The first-order valence-corrected chi connectivity index (χ1v) is 9.47. The molecule has 0 aliphatic rings. The summed E-state index contributed by atoms with van der Waals surface area (Å²) in [7, 11) is 1.32. The molecule has 0 saturated carbocycles. The number of aromatic nitrogens is 2. The van der Waals surface area contributed by atoms with Crippen molar-refractivity contribution >= 4 is 17.3 Å². The van der Waals surface area contributed by atoms with Gasteiger partial charge in [-0.3, -0.25) is 14.9 Å².